The van der Waals surface area contributed by atoms with Gasteiger partial charge in [-0.1, -0.05) is 50.7 Å². The molecule has 6 nitrogen and oxygen atoms in total. The van der Waals surface area contributed by atoms with Gasteiger partial charge >= 0.3 is 5.97 Å². The van der Waals surface area contributed by atoms with Gasteiger partial charge in [0.05, 0.1) is 11.4 Å². The van der Waals surface area contributed by atoms with Gasteiger partial charge in [0, 0.05) is 0 Å². The predicted octanol–water partition coefficient (Wildman–Crippen LogP) is 2.32. The van der Waals surface area contributed by atoms with Gasteiger partial charge in [-0.2, -0.15) is 0 Å². The van der Waals surface area contributed by atoms with E-state index in [9.17, 15) is 4.79 Å². The monoisotopic (exact) mass is 306 g/mol. The van der Waals surface area contributed by atoms with Crippen molar-refractivity contribution in [1.82, 2.24) is 14.8 Å². The SMILES string of the molecule is CC(C)(C)c1ccccc1-n1c(N)nnc1SCC(=O)O. The van der Waals surface area contributed by atoms with Crippen LogP contribution in [0.25, 0.3) is 5.69 Å². The van der Waals surface area contributed by atoms with Crippen molar-refractivity contribution in [2.75, 3.05) is 11.5 Å². The number of hydrogen-bond acceptors (Lipinski definition) is 5. The zero-order valence-electron chi connectivity index (χ0n) is 12.2. The number of benzene rings is 1. The van der Waals surface area contributed by atoms with E-state index in [1.807, 2.05) is 24.3 Å². The highest BCUT2D eigenvalue weighted by molar-refractivity contribution is 7.99. The lowest BCUT2D eigenvalue weighted by Crippen LogP contribution is -2.16. The summed E-state index contributed by atoms with van der Waals surface area (Å²) in [5, 5.41) is 17.1. The van der Waals surface area contributed by atoms with E-state index < -0.39 is 5.97 Å². The molecule has 1 aromatic carbocycles. The number of nitrogens with two attached hydrogens (primary N) is 1. The Morgan fingerprint density at radius 3 is 2.62 bits per heavy atom. The average Bonchev–Trinajstić information content (AvgIpc) is 2.76. The van der Waals surface area contributed by atoms with Crippen LogP contribution in [0.4, 0.5) is 5.95 Å². The Morgan fingerprint density at radius 1 is 1.33 bits per heavy atom. The van der Waals surface area contributed by atoms with Crippen molar-refractivity contribution < 1.29 is 9.90 Å². The van der Waals surface area contributed by atoms with Gasteiger partial charge in [0.1, 0.15) is 0 Å². The summed E-state index contributed by atoms with van der Waals surface area (Å²) in [5.41, 5.74) is 7.81. The number of para-hydroxylation sites is 1. The molecule has 21 heavy (non-hydrogen) atoms. The van der Waals surface area contributed by atoms with E-state index in [2.05, 4.69) is 31.0 Å². The van der Waals surface area contributed by atoms with E-state index in [1.54, 1.807) is 4.57 Å². The number of anilines is 1. The van der Waals surface area contributed by atoms with Crippen LogP contribution in [0, 0.1) is 0 Å². The highest BCUT2D eigenvalue weighted by Crippen LogP contribution is 2.32. The minimum Gasteiger partial charge on any atom is -0.481 e. The lowest BCUT2D eigenvalue weighted by molar-refractivity contribution is -0.133. The Kier molecular flexibility index (Phi) is 4.22. The third-order valence-electron chi connectivity index (χ3n) is 2.94. The maximum atomic E-state index is 10.7. The summed E-state index contributed by atoms with van der Waals surface area (Å²) in [4.78, 5) is 10.7. The van der Waals surface area contributed by atoms with E-state index >= 15 is 0 Å². The quantitative estimate of drug-likeness (QED) is 0.842. The first kappa shape index (κ1) is 15.4. The number of carboxylic acid groups (broad SMARTS) is 1. The lowest BCUT2D eigenvalue weighted by atomic mass is 9.86. The molecular weight excluding hydrogens is 288 g/mol. The number of hydrogen-bond donors (Lipinski definition) is 2. The number of nitrogens with zero attached hydrogens (tertiary/aromatic N) is 3. The van der Waals surface area contributed by atoms with E-state index in [0.717, 1.165) is 23.0 Å². The molecule has 0 spiro atoms. The van der Waals surface area contributed by atoms with Crippen LogP contribution in [0.3, 0.4) is 0 Å². The van der Waals surface area contributed by atoms with Crippen molar-refractivity contribution in [3.63, 3.8) is 0 Å². The van der Waals surface area contributed by atoms with Gasteiger partial charge in [-0.15, -0.1) is 10.2 Å². The van der Waals surface area contributed by atoms with E-state index in [4.69, 9.17) is 10.8 Å². The molecule has 0 amide bonds. The first-order chi connectivity index (χ1) is 9.80. The number of nitrogen functional groups attached to an aromatic ring is 1. The van der Waals surface area contributed by atoms with Gasteiger partial charge in [0.15, 0.2) is 5.16 Å². The van der Waals surface area contributed by atoms with Crippen LogP contribution in [0.15, 0.2) is 29.4 Å². The standard InChI is InChI=1S/C14H18N4O2S/c1-14(2,3)9-6-4-5-7-10(9)18-12(15)16-17-13(18)21-8-11(19)20/h4-7H,8H2,1-3H3,(H2,15,16)(H,19,20). The van der Waals surface area contributed by atoms with Crippen LogP contribution in [0.1, 0.15) is 26.3 Å². The maximum Gasteiger partial charge on any atom is 0.313 e. The fourth-order valence-corrected chi connectivity index (χ4v) is 2.70. The topological polar surface area (TPSA) is 94.0 Å². The van der Waals surface area contributed by atoms with Gasteiger partial charge in [-0.3, -0.25) is 9.36 Å². The Hall–Kier alpha value is -2.02. The van der Waals surface area contributed by atoms with Crippen LogP contribution in [-0.2, 0) is 10.2 Å². The molecule has 3 N–H and O–H groups in total. The Morgan fingerprint density at radius 2 is 2.00 bits per heavy atom. The van der Waals surface area contributed by atoms with Crippen molar-refractivity contribution in [2.45, 2.75) is 31.3 Å². The molecular formula is C14H18N4O2S. The predicted molar refractivity (Wildman–Crippen MR) is 82.8 cm³/mol. The fourth-order valence-electron chi connectivity index (χ4n) is 2.03. The molecule has 0 fully saturated rings. The molecule has 0 aliphatic heterocycles. The number of aromatic nitrogens is 3. The molecule has 1 aromatic heterocycles. The summed E-state index contributed by atoms with van der Waals surface area (Å²) in [5.74, 6) is -0.743. The molecule has 0 aliphatic carbocycles. The second-order valence-electron chi connectivity index (χ2n) is 5.63. The number of carbonyl (C=O) groups is 1. The highest BCUT2D eigenvalue weighted by atomic mass is 32.2. The summed E-state index contributed by atoms with van der Waals surface area (Å²) in [6.45, 7) is 6.32. The Balaban J connectivity index is 2.52. The van der Waals surface area contributed by atoms with Crippen LogP contribution in [0.5, 0.6) is 0 Å². The maximum absolute atomic E-state index is 10.7. The molecule has 2 rings (SSSR count). The molecule has 0 unspecified atom stereocenters. The molecule has 0 bridgehead atoms. The van der Waals surface area contributed by atoms with Gasteiger partial charge in [0.25, 0.3) is 0 Å². The summed E-state index contributed by atoms with van der Waals surface area (Å²) in [7, 11) is 0. The summed E-state index contributed by atoms with van der Waals surface area (Å²) in [6, 6.07) is 7.84. The number of carboxylic acids is 1. The van der Waals surface area contributed by atoms with Crippen molar-refractivity contribution in [1.29, 1.82) is 0 Å². The van der Waals surface area contributed by atoms with E-state index in [0.29, 0.717) is 5.16 Å². The molecule has 7 heteroatoms. The first-order valence-electron chi connectivity index (χ1n) is 6.46. The normalized spacial score (nSPS) is 11.6. The van der Waals surface area contributed by atoms with Crippen molar-refractivity contribution in [3.05, 3.63) is 29.8 Å². The second kappa shape index (κ2) is 5.77. The van der Waals surface area contributed by atoms with Gasteiger partial charge in [0.2, 0.25) is 5.95 Å². The Bertz CT molecular complexity index is 661. The number of rotatable bonds is 4. The minimum absolute atomic E-state index is 0.0813. The zero-order chi connectivity index (χ0) is 15.6. The third-order valence-corrected chi connectivity index (χ3v) is 3.85. The third kappa shape index (κ3) is 3.36. The first-order valence-corrected chi connectivity index (χ1v) is 7.44. The van der Waals surface area contributed by atoms with Gasteiger partial charge < -0.3 is 10.8 Å². The van der Waals surface area contributed by atoms with Crippen LogP contribution in [0.2, 0.25) is 0 Å². The average molecular weight is 306 g/mol. The van der Waals surface area contributed by atoms with Crippen LogP contribution < -0.4 is 5.73 Å². The molecule has 112 valence electrons. The van der Waals surface area contributed by atoms with Gasteiger partial charge in [-0.25, -0.2) is 0 Å². The number of aliphatic carboxylic acids is 1. The fraction of sp³-hybridized carbons (Fsp3) is 0.357. The molecule has 0 radical (unpaired) electrons. The molecule has 2 aromatic rings. The smallest absolute Gasteiger partial charge is 0.313 e. The summed E-state index contributed by atoms with van der Waals surface area (Å²) in [6.07, 6.45) is 0. The Labute approximate surface area is 127 Å². The molecule has 0 saturated carbocycles. The van der Waals surface area contributed by atoms with Crippen molar-refractivity contribution in [3.8, 4) is 5.69 Å². The summed E-state index contributed by atoms with van der Waals surface area (Å²) >= 11 is 1.10. The van der Waals surface area contributed by atoms with E-state index in [1.165, 1.54) is 0 Å². The minimum atomic E-state index is -0.905. The van der Waals surface area contributed by atoms with Crippen molar-refractivity contribution >= 4 is 23.7 Å². The summed E-state index contributed by atoms with van der Waals surface area (Å²) < 4.78 is 1.70. The van der Waals surface area contributed by atoms with Crippen molar-refractivity contribution in [2.24, 2.45) is 0 Å². The largest absolute Gasteiger partial charge is 0.481 e. The zero-order valence-corrected chi connectivity index (χ0v) is 13.0. The van der Waals surface area contributed by atoms with E-state index in [-0.39, 0.29) is 17.1 Å². The molecule has 0 aliphatic rings. The number of thioether (sulfide) groups is 1. The van der Waals surface area contributed by atoms with Crippen LogP contribution >= 0.6 is 11.8 Å². The molecule has 0 saturated heterocycles. The highest BCUT2D eigenvalue weighted by Gasteiger charge is 2.22. The van der Waals surface area contributed by atoms with Crippen LogP contribution in [-0.4, -0.2) is 31.6 Å². The molecule has 1 heterocycles. The second-order valence-corrected chi connectivity index (χ2v) is 6.57. The van der Waals surface area contributed by atoms with Gasteiger partial charge in [-0.05, 0) is 17.0 Å². The lowest BCUT2D eigenvalue weighted by Gasteiger charge is -2.23. The molecule has 0 atom stereocenters.